The minimum Gasteiger partial charge on any atom is -0.496 e. The third kappa shape index (κ3) is 2.36. The van der Waals surface area contributed by atoms with Crippen molar-refractivity contribution in [3.05, 3.63) is 34.9 Å². The summed E-state index contributed by atoms with van der Waals surface area (Å²) in [5.74, 6) is 0.0831. The monoisotopic (exact) mass is 240 g/mol. The fourth-order valence-corrected chi connectivity index (χ4v) is 1.73. The zero-order chi connectivity index (χ0) is 12.3. The quantitative estimate of drug-likeness (QED) is 0.602. The predicted octanol–water partition coefficient (Wildman–Crippen LogP) is 2.84. The number of benzene rings is 1. The van der Waals surface area contributed by atoms with Gasteiger partial charge in [0.1, 0.15) is 5.75 Å². The fourth-order valence-electron chi connectivity index (χ4n) is 1.46. The molecule has 0 unspecified atom stereocenters. The van der Waals surface area contributed by atoms with Crippen LogP contribution in [0.1, 0.15) is 11.1 Å². The van der Waals surface area contributed by atoms with Crippen molar-refractivity contribution < 1.29 is 14.3 Å². The summed E-state index contributed by atoms with van der Waals surface area (Å²) in [4.78, 5) is 11.4. The number of carbonyl (C=O) groups excluding carboxylic acids is 1. The summed E-state index contributed by atoms with van der Waals surface area (Å²) in [7, 11) is 2.84. The van der Waals surface area contributed by atoms with Crippen LogP contribution in [0.5, 0.6) is 5.75 Å². The maximum atomic E-state index is 11.4. The van der Waals surface area contributed by atoms with E-state index in [0.29, 0.717) is 16.3 Å². The minimum atomic E-state index is -0.500. The van der Waals surface area contributed by atoms with Crippen LogP contribution in [0.25, 0.3) is 5.57 Å². The van der Waals surface area contributed by atoms with Crippen LogP contribution in [-0.4, -0.2) is 20.2 Å². The topological polar surface area (TPSA) is 35.5 Å². The van der Waals surface area contributed by atoms with E-state index in [4.69, 9.17) is 16.3 Å². The summed E-state index contributed by atoms with van der Waals surface area (Å²) >= 11 is 5.92. The van der Waals surface area contributed by atoms with Gasteiger partial charge in [-0.3, -0.25) is 0 Å². The van der Waals surface area contributed by atoms with Crippen molar-refractivity contribution in [2.45, 2.75) is 6.92 Å². The van der Waals surface area contributed by atoms with E-state index < -0.39 is 5.97 Å². The smallest absolute Gasteiger partial charge is 0.337 e. The van der Waals surface area contributed by atoms with Crippen LogP contribution in [0, 0.1) is 6.92 Å². The Balaban J connectivity index is 3.31. The van der Waals surface area contributed by atoms with E-state index >= 15 is 0 Å². The molecule has 0 saturated heterocycles. The van der Waals surface area contributed by atoms with Crippen LogP contribution in [0.2, 0.25) is 5.02 Å². The molecule has 0 bridgehead atoms. The lowest BCUT2D eigenvalue weighted by molar-refractivity contribution is -0.133. The van der Waals surface area contributed by atoms with Crippen molar-refractivity contribution in [1.82, 2.24) is 0 Å². The Hall–Kier alpha value is -1.48. The highest BCUT2D eigenvalue weighted by Gasteiger charge is 2.16. The molecular weight excluding hydrogens is 228 g/mol. The molecule has 1 aromatic carbocycles. The Bertz CT molecular complexity index is 438. The second kappa shape index (κ2) is 5.03. The third-order valence-electron chi connectivity index (χ3n) is 2.20. The van der Waals surface area contributed by atoms with Gasteiger partial charge in [-0.25, -0.2) is 4.79 Å². The average Bonchev–Trinajstić information content (AvgIpc) is 2.26. The second-order valence-electron chi connectivity index (χ2n) is 3.27. The van der Waals surface area contributed by atoms with Crippen LogP contribution >= 0.6 is 11.6 Å². The van der Waals surface area contributed by atoms with Gasteiger partial charge >= 0.3 is 5.97 Å². The first-order valence-electron chi connectivity index (χ1n) is 4.63. The fraction of sp³-hybridized carbons (Fsp3) is 0.250. The maximum absolute atomic E-state index is 11.4. The van der Waals surface area contributed by atoms with Gasteiger partial charge < -0.3 is 9.47 Å². The number of halogens is 1. The molecule has 0 atom stereocenters. The van der Waals surface area contributed by atoms with Crippen LogP contribution in [0.15, 0.2) is 18.7 Å². The summed E-state index contributed by atoms with van der Waals surface area (Å²) in [6, 6.07) is 3.39. The van der Waals surface area contributed by atoms with E-state index in [-0.39, 0.29) is 5.57 Å². The lowest BCUT2D eigenvalue weighted by Gasteiger charge is -2.12. The van der Waals surface area contributed by atoms with E-state index in [9.17, 15) is 4.79 Å². The van der Waals surface area contributed by atoms with Gasteiger partial charge in [-0.05, 0) is 24.6 Å². The van der Waals surface area contributed by atoms with Gasteiger partial charge in [-0.2, -0.15) is 0 Å². The summed E-state index contributed by atoms with van der Waals surface area (Å²) in [6.45, 7) is 5.52. The van der Waals surface area contributed by atoms with Gasteiger partial charge in [0, 0.05) is 10.6 Å². The van der Waals surface area contributed by atoms with Crippen molar-refractivity contribution >= 4 is 23.1 Å². The third-order valence-corrected chi connectivity index (χ3v) is 2.42. The number of hydrogen-bond acceptors (Lipinski definition) is 3. The van der Waals surface area contributed by atoms with Crippen molar-refractivity contribution in [3.8, 4) is 5.75 Å². The summed E-state index contributed by atoms with van der Waals surface area (Å²) in [5.41, 5.74) is 1.62. The molecule has 0 saturated carbocycles. The number of hydrogen-bond donors (Lipinski definition) is 0. The van der Waals surface area contributed by atoms with E-state index in [1.807, 2.05) is 6.92 Å². The Morgan fingerprint density at radius 3 is 2.50 bits per heavy atom. The van der Waals surface area contributed by atoms with Crippen LogP contribution in [0.4, 0.5) is 0 Å². The molecule has 86 valence electrons. The molecule has 0 aliphatic rings. The molecule has 0 N–H and O–H groups in total. The number of rotatable bonds is 3. The largest absolute Gasteiger partial charge is 0.496 e. The maximum Gasteiger partial charge on any atom is 0.337 e. The van der Waals surface area contributed by atoms with E-state index in [1.165, 1.54) is 14.2 Å². The number of methoxy groups -OCH3 is 2. The highest BCUT2D eigenvalue weighted by molar-refractivity contribution is 6.31. The lowest BCUT2D eigenvalue weighted by atomic mass is 10.0. The molecule has 3 nitrogen and oxygen atoms in total. The molecule has 0 radical (unpaired) electrons. The number of esters is 1. The van der Waals surface area contributed by atoms with Gasteiger partial charge in [0.25, 0.3) is 0 Å². The van der Waals surface area contributed by atoms with Crippen LogP contribution < -0.4 is 4.74 Å². The SMILES string of the molecule is C=C(C(=O)OC)c1cc(Cl)cc(C)c1OC. The van der Waals surface area contributed by atoms with Gasteiger partial charge in [-0.1, -0.05) is 18.2 Å². The minimum absolute atomic E-state index is 0.227. The van der Waals surface area contributed by atoms with Crippen molar-refractivity contribution in [1.29, 1.82) is 0 Å². The zero-order valence-electron chi connectivity index (χ0n) is 9.46. The number of aryl methyl sites for hydroxylation is 1. The first-order valence-corrected chi connectivity index (χ1v) is 5.00. The van der Waals surface area contributed by atoms with Gasteiger partial charge in [0.05, 0.1) is 19.8 Å². The van der Waals surface area contributed by atoms with E-state index in [2.05, 4.69) is 11.3 Å². The standard InChI is InChI=1S/C12H13ClO3/c1-7-5-9(13)6-10(11(7)15-3)8(2)12(14)16-4/h5-6H,2H2,1,3-4H3. The van der Waals surface area contributed by atoms with E-state index in [0.717, 1.165) is 5.56 Å². The molecule has 0 spiro atoms. The highest BCUT2D eigenvalue weighted by Crippen LogP contribution is 2.32. The predicted molar refractivity (Wildman–Crippen MR) is 63.8 cm³/mol. The van der Waals surface area contributed by atoms with Gasteiger partial charge in [-0.15, -0.1) is 0 Å². The van der Waals surface area contributed by atoms with Crippen LogP contribution in [0.3, 0.4) is 0 Å². The summed E-state index contributed by atoms with van der Waals surface area (Å²) in [6.07, 6.45) is 0. The van der Waals surface area contributed by atoms with Gasteiger partial charge in [0.2, 0.25) is 0 Å². The highest BCUT2D eigenvalue weighted by atomic mass is 35.5. The van der Waals surface area contributed by atoms with Crippen LogP contribution in [-0.2, 0) is 9.53 Å². The number of carbonyl (C=O) groups is 1. The molecule has 0 fully saturated rings. The average molecular weight is 241 g/mol. The zero-order valence-corrected chi connectivity index (χ0v) is 10.2. The van der Waals surface area contributed by atoms with E-state index in [1.54, 1.807) is 12.1 Å². The molecule has 0 amide bonds. The van der Waals surface area contributed by atoms with Crippen molar-refractivity contribution in [2.75, 3.05) is 14.2 Å². The molecule has 16 heavy (non-hydrogen) atoms. The van der Waals surface area contributed by atoms with Crippen molar-refractivity contribution in [3.63, 3.8) is 0 Å². The molecule has 1 aromatic rings. The number of ether oxygens (including phenoxy) is 2. The first-order chi connectivity index (χ1) is 7.51. The second-order valence-corrected chi connectivity index (χ2v) is 3.71. The molecule has 0 heterocycles. The van der Waals surface area contributed by atoms with Gasteiger partial charge in [0.15, 0.2) is 0 Å². The first kappa shape index (κ1) is 12.6. The molecule has 4 heteroatoms. The lowest BCUT2D eigenvalue weighted by Crippen LogP contribution is -2.05. The Morgan fingerprint density at radius 1 is 1.38 bits per heavy atom. The molecular formula is C12H13ClO3. The Kier molecular flexibility index (Phi) is 3.96. The molecule has 1 rings (SSSR count). The van der Waals surface area contributed by atoms with Crippen molar-refractivity contribution in [2.24, 2.45) is 0 Å². The summed E-state index contributed by atoms with van der Waals surface area (Å²) in [5, 5.41) is 0.526. The Labute approximate surface area is 99.6 Å². The summed E-state index contributed by atoms with van der Waals surface area (Å²) < 4.78 is 9.83. The molecule has 0 aliphatic heterocycles. The Morgan fingerprint density at radius 2 is 2.00 bits per heavy atom. The normalized spacial score (nSPS) is 9.75. The molecule has 0 aromatic heterocycles. The molecule has 0 aliphatic carbocycles.